The summed E-state index contributed by atoms with van der Waals surface area (Å²) in [6, 6.07) is 8.17. The van der Waals surface area contributed by atoms with Crippen molar-refractivity contribution in [3.63, 3.8) is 0 Å². The number of ether oxygens (including phenoxy) is 1. The highest BCUT2D eigenvalue weighted by molar-refractivity contribution is 5.26. The molecule has 20 heavy (non-hydrogen) atoms. The van der Waals surface area contributed by atoms with Crippen LogP contribution in [0.3, 0.4) is 0 Å². The Bertz CT molecular complexity index is 339. The van der Waals surface area contributed by atoms with Crippen molar-refractivity contribution in [3.8, 4) is 5.75 Å². The maximum Gasteiger partial charge on any atom is 0.118 e. The molecule has 0 fully saturated rings. The molecule has 0 aromatic heterocycles. The molecule has 4 nitrogen and oxygen atoms in total. The number of nitrogens with one attached hydrogen (secondary N) is 2. The largest absolute Gasteiger partial charge is 0.497 e. The summed E-state index contributed by atoms with van der Waals surface area (Å²) in [6.45, 7) is 4.61. The molecule has 0 aliphatic carbocycles. The number of unbranched alkanes of at least 4 members (excludes halogenated alkanes) is 3. The molecule has 114 valence electrons. The van der Waals surface area contributed by atoms with E-state index in [2.05, 4.69) is 22.8 Å². The molecule has 1 aromatic rings. The Morgan fingerprint density at radius 2 is 1.70 bits per heavy atom. The van der Waals surface area contributed by atoms with Gasteiger partial charge in [-0.1, -0.05) is 25.0 Å². The van der Waals surface area contributed by atoms with Crippen molar-refractivity contribution in [3.05, 3.63) is 29.8 Å². The van der Waals surface area contributed by atoms with Gasteiger partial charge in [0.1, 0.15) is 12.0 Å². The van der Waals surface area contributed by atoms with Crippen molar-refractivity contribution in [2.24, 2.45) is 0 Å². The highest BCUT2D eigenvalue weighted by atomic mass is 16.5. The normalized spacial score (nSPS) is 12.3. The summed E-state index contributed by atoms with van der Waals surface area (Å²) in [5.74, 6) is 0.902. The van der Waals surface area contributed by atoms with E-state index in [1.54, 1.807) is 14.0 Å². The lowest BCUT2D eigenvalue weighted by atomic mass is 10.2. The van der Waals surface area contributed by atoms with Crippen molar-refractivity contribution in [2.75, 3.05) is 20.2 Å². The van der Waals surface area contributed by atoms with E-state index in [4.69, 9.17) is 9.84 Å². The number of hydrogen-bond acceptors (Lipinski definition) is 4. The highest BCUT2D eigenvalue weighted by Crippen LogP contribution is 2.10. The zero-order valence-corrected chi connectivity index (χ0v) is 12.7. The van der Waals surface area contributed by atoms with Crippen molar-refractivity contribution in [1.82, 2.24) is 10.6 Å². The number of aliphatic hydroxyl groups is 1. The molecule has 3 N–H and O–H groups in total. The van der Waals surface area contributed by atoms with Crippen LogP contribution in [0.5, 0.6) is 5.75 Å². The maximum absolute atomic E-state index is 9.04. The van der Waals surface area contributed by atoms with Gasteiger partial charge in [0.05, 0.1) is 7.11 Å². The monoisotopic (exact) mass is 280 g/mol. The zero-order valence-electron chi connectivity index (χ0n) is 12.7. The summed E-state index contributed by atoms with van der Waals surface area (Å²) in [5.41, 5.74) is 1.28. The number of rotatable bonds is 11. The number of benzene rings is 1. The second kappa shape index (κ2) is 10.7. The molecular formula is C16H28N2O2. The van der Waals surface area contributed by atoms with E-state index in [0.717, 1.165) is 31.8 Å². The summed E-state index contributed by atoms with van der Waals surface area (Å²) in [6.07, 6.45) is 4.39. The minimum absolute atomic E-state index is 0.388. The SMILES string of the molecule is COc1ccc(CNCCCCCCNC(C)O)cc1. The fourth-order valence-electron chi connectivity index (χ4n) is 2.02. The summed E-state index contributed by atoms with van der Waals surface area (Å²) >= 11 is 0. The Morgan fingerprint density at radius 3 is 2.30 bits per heavy atom. The van der Waals surface area contributed by atoms with E-state index >= 15 is 0 Å². The molecule has 1 aromatic carbocycles. The molecule has 0 bridgehead atoms. The van der Waals surface area contributed by atoms with Crippen molar-refractivity contribution in [2.45, 2.75) is 45.4 Å². The summed E-state index contributed by atoms with van der Waals surface area (Å²) in [7, 11) is 1.68. The smallest absolute Gasteiger partial charge is 0.118 e. The van der Waals surface area contributed by atoms with Crippen LogP contribution in [0.2, 0.25) is 0 Å². The third-order valence-electron chi connectivity index (χ3n) is 3.21. The molecule has 0 aliphatic rings. The molecule has 0 heterocycles. The van der Waals surface area contributed by atoms with Crippen LogP contribution in [-0.4, -0.2) is 31.5 Å². The minimum atomic E-state index is -0.388. The summed E-state index contributed by atoms with van der Waals surface area (Å²) in [4.78, 5) is 0. The van der Waals surface area contributed by atoms with Gasteiger partial charge in [0.25, 0.3) is 0 Å². The fraction of sp³-hybridized carbons (Fsp3) is 0.625. The molecule has 0 radical (unpaired) electrons. The van der Waals surface area contributed by atoms with Gasteiger partial charge in [0, 0.05) is 6.54 Å². The lowest BCUT2D eigenvalue weighted by Gasteiger charge is -2.07. The predicted octanol–water partition coefficient (Wildman–Crippen LogP) is 2.27. The van der Waals surface area contributed by atoms with Crippen LogP contribution in [0.25, 0.3) is 0 Å². The first-order valence-electron chi connectivity index (χ1n) is 7.47. The lowest BCUT2D eigenvalue weighted by Crippen LogP contribution is -2.26. The van der Waals surface area contributed by atoms with Crippen LogP contribution in [0.15, 0.2) is 24.3 Å². The van der Waals surface area contributed by atoms with Crippen LogP contribution < -0.4 is 15.4 Å². The average molecular weight is 280 g/mol. The molecule has 1 atom stereocenters. The van der Waals surface area contributed by atoms with Crippen LogP contribution >= 0.6 is 0 Å². The first-order valence-corrected chi connectivity index (χ1v) is 7.47. The van der Waals surface area contributed by atoms with Gasteiger partial charge in [0.2, 0.25) is 0 Å². The highest BCUT2D eigenvalue weighted by Gasteiger charge is 1.96. The molecule has 0 saturated carbocycles. The van der Waals surface area contributed by atoms with Gasteiger partial charge in [-0.3, -0.25) is 5.32 Å². The molecule has 4 heteroatoms. The number of hydrogen-bond donors (Lipinski definition) is 3. The molecule has 1 rings (SSSR count). The van der Waals surface area contributed by atoms with Crippen LogP contribution in [0.4, 0.5) is 0 Å². The van der Waals surface area contributed by atoms with Gasteiger partial charge >= 0.3 is 0 Å². The Morgan fingerprint density at radius 1 is 1.05 bits per heavy atom. The van der Waals surface area contributed by atoms with Gasteiger partial charge < -0.3 is 15.2 Å². The summed E-state index contributed by atoms with van der Waals surface area (Å²) < 4.78 is 5.13. The first-order chi connectivity index (χ1) is 9.72. The Balaban J connectivity index is 1.94. The molecule has 0 saturated heterocycles. The van der Waals surface area contributed by atoms with Crippen molar-refractivity contribution < 1.29 is 9.84 Å². The van der Waals surface area contributed by atoms with Crippen LogP contribution in [0.1, 0.15) is 38.2 Å². The van der Waals surface area contributed by atoms with E-state index in [1.165, 1.54) is 24.8 Å². The molecule has 0 aliphatic heterocycles. The minimum Gasteiger partial charge on any atom is -0.497 e. The topological polar surface area (TPSA) is 53.5 Å². The maximum atomic E-state index is 9.04. The van der Waals surface area contributed by atoms with Gasteiger partial charge in [0.15, 0.2) is 0 Å². The lowest BCUT2D eigenvalue weighted by molar-refractivity contribution is 0.156. The van der Waals surface area contributed by atoms with Gasteiger partial charge in [-0.25, -0.2) is 0 Å². The fourth-order valence-corrected chi connectivity index (χ4v) is 2.02. The third-order valence-corrected chi connectivity index (χ3v) is 3.21. The second-order valence-corrected chi connectivity index (χ2v) is 5.07. The van der Waals surface area contributed by atoms with Gasteiger partial charge in [-0.05, 0) is 50.6 Å². The zero-order chi connectivity index (χ0) is 14.6. The van der Waals surface area contributed by atoms with Gasteiger partial charge in [-0.15, -0.1) is 0 Å². The Kier molecular flexibility index (Phi) is 9.04. The first kappa shape index (κ1) is 17.0. The average Bonchev–Trinajstić information content (AvgIpc) is 2.46. The van der Waals surface area contributed by atoms with Crippen LogP contribution in [0, 0.1) is 0 Å². The second-order valence-electron chi connectivity index (χ2n) is 5.07. The van der Waals surface area contributed by atoms with Crippen molar-refractivity contribution >= 4 is 0 Å². The van der Waals surface area contributed by atoms with Crippen LogP contribution in [-0.2, 0) is 6.54 Å². The molecule has 1 unspecified atom stereocenters. The van der Waals surface area contributed by atoms with E-state index in [-0.39, 0.29) is 6.23 Å². The molecular weight excluding hydrogens is 252 g/mol. The van der Waals surface area contributed by atoms with E-state index in [1.807, 2.05) is 12.1 Å². The molecule has 0 spiro atoms. The quantitative estimate of drug-likeness (QED) is 0.430. The number of methoxy groups -OCH3 is 1. The third kappa shape index (κ3) is 8.15. The Labute approximate surface area is 122 Å². The Hall–Kier alpha value is -1.10. The van der Waals surface area contributed by atoms with E-state index in [9.17, 15) is 0 Å². The number of aliphatic hydroxyl groups excluding tert-OH is 1. The van der Waals surface area contributed by atoms with E-state index < -0.39 is 0 Å². The predicted molar refractivity (Wildman–Crippen MR) is 82.9 cm³/mol. The molecule has 0 amide bonds. The standard InChI is InChI=1S/C16H28N2O2/c1-14(19)18-12-6-4-3-5-11-17-13-15-7-9-16(20-2)10-8-15/h7-10,14,17-19H,3-6,11-13H2,1-2H3. The van der Waals surface area contributed by atoms with Crippen molar-refractivity contribution in [1.29, 1.82) is 0 Å². The summed E-state index contributed by atoms with van der Waals surface area (Å²) in [5, 5.41) is 15.5. The van der Waals surface area contributed by atoms with E-state index in [0.29, 0.717) is 0 Å². The van der Waals surface area contributed by atoms with Gasteiger partial charge in [-0.2, -0.15) is 0 Å².